The van der Waals surface area contributed by atoms with Crippen molar-refractivity contribution < 1.29 is 9.90 Å². The largest absolute Gasteiger partial charge is 0.481 e. The fourth-order valence-corrected chi connectivity index (χ4v) is 3.44. The Labute approximate surface area is 131 Å². The van der Waals surface area contributed by atoms with E-state index in [-0.39, 0.29) is 11.2 Å². The van der Waals surface area contributed by atoms with Crippen LogP contribution >= 0.6 is 11.8 Å². The standard InChI is InChI=1S/C16H26N2O2S/c1-5-12(8-11-6-7-11)18-13(16(2,3)4)9-17-15(18)21-10-14(19)20/h9,11-12H,5-8,10H2,1-4H3,(H,19,20). The lowest BCUT2D eigenvalue weighted by atomic mass is 9.91. The smallest absolute Gasteiger partial charge is 0.313 e. The van der Waals surface area contributed by atoms with Crippen LogP contribution in [0, 0.1) is 5.92 Å². The van der Waals surface area contributed by atoms with Crippen molar-refractivity contribution in [2.45, 2.75) is 70.0 Å². The van der Waals surface area contributed by atoms with E-state index in [1.807, 2.05) is 6.20 Å². The number of carboxylic acids is 1. The fourth-order valence-electron chi connectivity index (χ4n) is 2.68. The highest BCUT2D eigenvalue weighted by molar-refractivity contribution is 7.99. The second-order valence-electron chi connectivity index (χ2n) is 6.97. The number of carboxylic acid groups (broad SMARTS) is 1. The molecule has 4 nitrogen and oxygen atoms in total. The van der Waals surface area contributed by atoms with Crippen molar-refractivity contribution in [2.75, 3.05) is 5.75 Å². The molecule has 1 aliphatic carbocycles. The average Bonchev–Trinajstić information content (AvgIpc) is 3.09. The van der Waals surface area contributed by atoms with Crippen molar-refractivity contribution in [2.24, 2.45) is 5.92 Å². The van der Waals surface area contributed by atoms with Crippen molar-refractivity contribution in [3.8, 4) is 0 Å². The van der Waals surface area contributed by atoms with E-state index in [1.165, 1.54) is 36.7 Å². The Kier molecular flexibility index (Phi) is 5.02. The van der Waals surface area contributed by atoms with E-state index in [9.17, 15) is 4.79 Å². The molecule has 2 rings (SSSR count). The van der Waals surface area contributed by atoms with Gasteiger partial charge in [-0.1, -0.05) is 52.3 Å². The van der Waals surface area contributed by atoms with Gasteiger partial charge >= 0.3 is 5.97 Å². The first-order chi connectivity index (χ1) is 9.82. The summed E-state index contributed by atoms with van der Waals surface area (Å²) >= 11 is 1.34. The summed E-state index contributed by atoms with van der Waals surface area (Å²) in [5, 5.41) is 9.78. The Morgan fingerprint density at radius 1 is 1.52 bits per heavy atom. The SMILES string of the molecule is CCC(CC1CC1)n1c(C(C)(C)C)cnc1SCC(=O)O. The third-order valence-electron chi connectivity index (χ3n) is 3.99. The van der Waals surface area contributed by atoms with Crippen LogP contribution in [0.1, 0.15) is 65.1 Å². The Bertz CT molecular complexity index is 501. The summed E-state index contributed by atoms with van der Waals surface area (Å²) in [6.07, 6.45) is 6.87. The van der Waals surface area contributed by atoms with Crippen LogP contribution in [0.15, 0.2) is 11.4 Å². The molecule has 0 bridgehead atoms. The first kappa shape index (κ1) is 16.4. The Morgan fingerprint density at radius 3 is 2.67 bits per heavy atom. The number of nitrogens with zero attached hydrogens (tertiary/aromatic N) is 2. The van der Waals surface area contributed by atoms with Gasteiger partial charge in [0.1, 0.15) is 0 Å². The number of carbonyl (C=O) groups is 1. The van der Waals surface area contributed by atoms with E-state index in [1.54, 1.807) is 0 Å². The first-order valence-corrected chi connectivity index (χ1v) is 8.73. The summed E-state index contributed by atoms with van der Waals surface area (Å²) in [7, 11) is 0. The molecule has 1 N–H and O–H groups in total. The van der Waals surface area contributed by atoms with Gasteiger partial charge in [-0.2, -0.15) is 0 Å². The number of aliphatic carboxylic acids is 1. The third-order valence-corrected chi connectivity index (χ3v) is 4.95. The number of rotatable bonds is 7. The van der Waals surface area contributed by atoms with E-state index in [2.05, 4.69) is 37.2 Å². The molecular formula is C16H26N2O2S. The van der Waals surface area contributed by atoms with Crippen LogP contribution in [0.25, 0.3) is 0 Å². The molecule has 1 aliphatic rings. The summed E-state index contributed by atoms with van der Waals surface area (Å²) in [5.41, 5.74) is 1.23. The second-order valence-corrected chi connectivity index (χ2v) is 7.91. The fraction of sp³-hybridized carbons (Fsp3) is 0.750. The number of imidazole rings is 1. The number of thioether (sulfide) groups is 1. The quantitative estimate of drug-likeness (QED) is 0.770. The van der Waals surface area contributed by atoms with Gasteiger partial charge in [-0.25, -0.2) is 4.98 Å². The van der Waals surface area contributed by atoms with Gasteiger partial charge in [-0.3, -0.25) is 4.79 Å². The van der Waals surface area contributed by atoms with Crippen LogP contribution in [0.3, 0.4) is 0 Å². The van der Waals surface area contributed by atoms with Crippen LogP contribution in [0.5, 0.6) is 0 Å². The van der Waals surface area contributed by atoms with Gasteiger partial charge in [0.15, 0.2) is 5.16 Å². The normalized spacial score (nSPS) is 17.0. The monoisotopic (exact) mass is 310 g/mol. The molecule has 5 heteroatoms. The van der Waals surface area contributed by atoms with Crippen molar-refractivity contribution in [3.63, 3.8) is 0 Å². The first-order valence-electron chi connectivity index (χ1n) is 7.75. The lowest BCUT2D eigenvalue weighted by molar-refractivity contribution is -0.133. The highest BCUT2D eigenvalue weighted by Gasteiger charge is 2.30. The van der Waals surface area contributed by atoms with Crippen molar-refractivity contribution in [1.82, 2.24) is 9.55 Å². The van der Waals surface area contributed by atoms with Gasteiger partial charge < -0.3 is 9.67 Å². The van der Waals surface area contributed by atoms with Crippen molar-refractivity contribution in [3.05, 3.63) is 11.9 Å². The van der Waals surface area contributed by atoms with Gasteiger partial charge in [0.25, 0.3) is 0 Å². The highest BCUT2D eigenvalue weighted by Crippen LogP contribution is 2.41. The van der Waals surface area contributed by atoms with E-state index in [0.717, 1.165) is 17.5 Å². The third kappa shape index (κ3) is 4.25. The van der Waals surface area contributed by atoms with E-state index >= 15 is 0 Å². The number of hydrogen-bond donors (Lipinski definition) is 1. The maximum absolute atomic E-state index is 10.9. The summed E-state index contributed by atoms with van der Waals surface area (Å²) < 4.78 is 2.31. The summed E-state index contributed by atoms with van der Waals surface area (Å²) in [4.78, 5) is 15.4. The molecule has 0 spiro atoms. The summed E-state index contributed by atoms with van der Waals surface area (Å²) in [6.45, 7) is 8.78. The molecule has 1 fully saturated rings. The molecule has 1 saturated carbocycles. The van der Waals surface area contributed by atoms with Crippen molar-refractivity contribution >= 4 is 17.7 Å². The molecule has 1 atom stereocenters. The van der Waals surface area contributed by atoms with E-state index < -0.39 is 5.97 Å². The van der Waals surface area contributed by atoms with E-state index in [4.69, 9.17) is 5.11 Å². The highest BCUT2D eigenvalue weighted by atomic mass is 32.2. The minimum Gasteiger partial charge on any atom is -0.481 e. The molecule has 1 heterocycles. The molecule has 21 heavy (non-hydrogen) atoms. The molecule has 1 unspecified atom stereocenters. The molecule has 0 radical (unpaired) electrons. The Morgan fingerprint density at radius 2 is 2.19 bits per heavy atom. The molecule has 0 aliphatic heterocycles. The maximum atomic E-state index is 10.9. The zero-order valence-electron chi connectivity index (χ0n) is 13.4. The average molecular weight is 310 g/mol. The zero-order chi connectivity index (χ0) is 15.6. The molecule has 118 valence electrons. The van der Waals surface area contributed by atoms with Crippen LogP contribution in [-0.4, -0.2) is 26.4 Å². The predicted octanol–water partition coefficient (Wildman–Crippen LogP) is 4.11. The maximum Gasteiger partial charge on any atom is 0.313 e. The summed E-state index contributed by atoms with van der Waals surface area (Å²) in [5.74, 6) is 0.130. The van der Waals surface area contributed by atoms with Gasteiger partial charge in [0.2, 0.25) is 0 Å². The molecule has 1 aromatic heterocycles. The second kappa shape index (κ2) is 6.42. The van der Waals surface area contributed by atoms with Crippen LogP contribution in [-0.2, 0) is 10.2 Å². The molecular weight excluding hydrogens is 284 g/mol. The van der Waals surface area contributed by atoms with E-state index in [0.29, 0.717) is 6.04 Å². The molecule has 0 amide bonds. The number of hydrogen-bond acceptors (Lipinski definition) is 3. The summed E-state index contributed by atoms with van der Waals surface area (Å²) in [6, 6.07) is 0.436. The zero-order valence-corrected chi connectivity index (χ0v) is 14.2. The Balaban J connectivity index is 2.31. The molecule has 0 saturated heterocycles. The van der Waals surface area contributed by atoms with Crippen LogP contribution in [0.2, 0.25) is 0 Å². The van der Waals surface area contributed by atoms with Crippen LogP contribution in [0.4, 0.5) is 0 Å². The van der Waals surface area contributed by atoms with Gasteiger partial charge in [0.05, 0.1) is 5.75 Å². The lowest BCUT2D eigenvalue weighted by Gasteiger charge is -2.27. The molecule has 1 aromatic rings. The molecule has 0 aromatic carbocycles. The Hall–Kier alpha value is -0.970. The van der Waals surface area contributed by atoms with Crippen molar-refractivity contribution in [1.29, 1.82) is 0 Å². The van der Waals surface area contributed by atoms with Crippen LogP contribution < -0.4 is 0 Å². The lowest BCUT2D eigenvalue weighted by Crippen LogP contribution is -2.22. The van der Waals surface area contributed by atoms with Gasteiger partial charge in [-0.05, 0) is 18.8 Å². The topological polar surface area (TPSA) is 55.1 Å². The minimum atomic E-state index is -0.790. The van der Waals surface area contributed by atoms with Gasteiger partial charge in [0, 0.05) is 23.3 Å². The minimum absolute atomic E-state index is 0.0198. The predicted molar refractivity (Wildman–Crippen MR) is 86.0 cm³/mol. The van der Waals surface area contributed by atoms with Gasteiger partial charge in [-0.15, -0.1) is 0 Å². The number of aromatic nitrogens is 2.